The van der Waals surface area contributed by atoms with E-state index in [-0.39, 0.29) is 0 Å². The maximum absolute atomic E-state index is 11.6. The smallest absolute Gasteiger partial charge is 0.274 e. The van der Waals surface area contributed by atoms with Crippen LogP contribution in [-0.4, -0.2) is 52.4 Å². The SMILES string of the molecule is Cc1cc(N2CCOCC2)ncc1-c1cnc2ccc(C(=O)NO)cc2n1. The predicted molar refractivity (Wildman–Crippen MR) is 99.8 cm³/mol. The lowest BCUT2D eigenvalue weighted by molar-refractivity contribution is 0.0706. The van der Waals surface area contributed by atoms with Gasteiger partial charge in [0, 0.05) is 30.4 Å². The number of benzene rings is 1. The molecule has 0 radical (unpaired) electrons. The van der Waals surface area contributed by atoms with Gasteiger partial charge >= 0.3 is 0 Å². The highest BCUT2D eigenvalue weighted by molar-refractivity contribution is 5.96. The van der Waals surface area contributed by atoms with Gasteiger partial charge in [0.1, 0.15) is 5.82 Å². The Labute approximate surface area is 155 Å². The van der Waals surface area contributed by atoms with Crippen LogP contribution < -0.4 is 10.4 Å². The van der Waals surface area contributed by atoms with Gasteiger partial charge in [-0.25, -0.2) is 15.4 Å². The molecule has 0 aliphatic carbocycles. The molecule has 0 unspecified atom stereocenters. The van der Waals surface area contributed by atoms with Gasteiger partial charge in [-0.1, -0.05) is 0 Å². The number of carbonyl (C=O) groups excluding carboxylic acids is 1. The molecule has 0 atom stereocenters. The first-order valence-electron chi connectivity index (χ1n) is 8.66. The fourth-order valence-corrected chi connectivity index (χ4v) is 3.12. The van der Waals surface area contributed by atoms with Gasteiger partial charge in [0.2, 0.25) is 0 Å². The van der Waals surface area contributed by atoms with Crippen molar-refractivity contribution in [3.63, 3.8) is 0 Å². The van der Waals surface area contributed by atoms with Gasteiger partial charge < -0.3 is 9.64 Å². The number of anilines is 1. The number of morpholine rings is 1. The van der Waals surface area contributed by atoms with Crippen molar-refractivity contribution in [3.05, 3.63) is 47.8 Å². The second kappa shape index (κ2) is 7.26. The Morgan fingerprint density at radius 2 is 1.96 bits per heavy atom. The number of carbonyl (C=O) groups is 1. The van der Waals surface area contributed by atoms with Crippen LogP contribution in [0.3, 0.4) is 0 Å². The number of hydrogen-bond acceptors (Lipinski definition) is 7. The number of ether oxygens (including phenoxy) is 1. The molecule has 1 amide bonds. The summed E-state index contributed by atoms with van der Waals surface area (Å²) < 4.78 is 5.39. The van der Waals surface area contributed by atoms with E-state index in [1.807, 2.05) is 13.0 Å². The number of aryl methyl sites for hydroxylation is 1. The molecule has 3 aromatic rings. The highest BCUT2D eigenvalue weighted by atomic mass is 16.5. The van der Waals surface area contributed by atoms with E-state index in [0.29, 0.717) is 35.5 Å². The number of hydroxylamine groups is 1. The number of pyridine rings is 1. The minimum Gasteiger partial charge on any atom is -0.378 e. The lowest BCUT2D eigenvalue weighted by Crippen LogP contribution is -2.36. The van der Waals surface area contributed by atoms with E-state index < -0.39 is 5.91 Å². The summed E-state index contributed by atoms with van der Waals surface area (Å²) in [5, 5.41) is 8.81. The van der Waals surface area contributed by atoms with Crippen LogP contribution in [0.2, 0.25) is 0 Å². The van der Waals surface area contributed by atoms with Crippen molar-refractivity contribution in [1.82, 2.24) is 20.4 Å². The molecule has 8 nitrogen and oxygen atoms in total. The molecular weight excluding hydrogens is 346 g/mol. The van der Waals surface area contributed by atoms with Crippen molar-refractivity contribution in [2.24, 2.45) is 0 Å². The zero-order valence-electron chi connectivity index (χ0n) is 14.8. The molecule has 4 rings (SSSR count). The van der Waals surface area contributed by atoms with E-state index in [2.05, 4.69) is 19.9 Å². The average molecular weight is 365 g/mol. The first kappa shape index (κ1) is 17.3. The van der Waals surface area contributed by atoms with E-state index in [1.54, 1.807) is 36.1 Å². The Kier molecular flexibility index (Phi) is 4.66. The van der Waals surface area contributed by atoms with E-state index in [4.69, 9.17) is 9.94 Å². The number of nitrogens with zero attached hydrogens (tertiary/aromatic N) is 4. The summed E-state index contributed by atoms with van der Waals surface area (Å²) in [6.07, 6.45) is 3.51. The van der Waals surface area contributed by atoms with E-state index in [1.165, 1.54) is 0 Å². The molecule has 0 spiro atoms. The van der Waals surface area contributed by atoms with Gasteiger partial charge in [-0.05, 0) is 36.8 Å². The molecule has 2 aromatic heterocycles. The zero-order chi connectivity index (χ0) is 18.8. The quantitative estimate of drug-likeness (QED) is 0.540. The molecule has 1 saturated heterocycles. The third-order valence-electron chi connectivity index (χ3n) is 4.61. The van der Waals surface area contributed by atoms with Crippen LogP contribution in [0.15, 0.2) is 36.7 Å². The minimum absolute atomic E-state index is 0.314. The molecule has 1 aliphatic heterocycles. The highest BCUT2D eigenvalue weighted by Gasteiger charge is 2.15. The first-order chi connectivity index (χ1) is 13.2. The first-order valence-corrected chi connectivity index (χ1v) is 8.66. The van der Waals surface area contributed by atoms with Crippen LogP contribution in [0, 0.1) is 6.92 Å². The van der Waals surface area contributed by atoms with Crippen molar-refractivity contribution < 1.29 is 14.7 Å². The van der Waals surface area contributed by atoms with Crippen molar-refractivity contribution in [1.29, 1.82) is 0 Å². The summed E-state index contributed by atoms with van der Waals surface area (Å²) in [7, 11) is 0. The number of rotatable bonds is 3. The monoisotopic (exact) mass is 365 g/mol. The molecule has 1 aliphatic rings. The van der Waals surface area contributed by atoms with E-state index in [9.17, 15) is 4.79 Å². The Morgan fingerprint density at radius 1 is 1.15 bits per heavy atom. The maximum Gasteiger partial charge on any atom is 0.274 e. The number of amides is 1. The van der Waals surface area contributed by atoms with Crippen LogP contribution in [0.1, 0.15) is 15.9 Å². The van der Waals surface area contributed by atoms with Gasteiger partial charge in [0.15, 0.2) is 0 Å². The second-order valence-corrected chi connectivity index (χ2v) is 6.36. The van der Waals surface area contributed by atoms with E-state index in [0.717, 1.165) is 30.0 Å². The van der Waals surface area contributed by atoms with Crippen LogP contribution in [0.25, 0.3) is 22.3 Å². The lowest BCUT2D eigenvalue weighted by Gasteiger charge is -2.28. The van der Waals surface area contributed by atoms with Gasteiger partial charge in [-0.3, -0.25) is 15.0 Å². The van der Waals surface area contributed by atoms with Crippen molar-refractivity contribution in [3.8, 4) is 11.3 Å². The van der Waals surface area contributed by atoms with Crippen LogP contribution in [0.5, 0.6) is 0 Å². The van der Waals surface area contributed by atoms with Gasteiger partial charge in [0.25, 0.3) is 5.91 Å². The topological polar surface area (TPSA) is 100 Å². The minimum atomic E-state index is -0.586. The summed E-state index contributed by atoms with van der Waals surface area (Å²) in [6.45, 7) is 5.10. The van der Waals surface area contributed by atoms with Gasteiger partial charge in [0.05, 0.1) is 36.1 Å². The summed E-state index contributed by atoms with van der Waals surface area (Å²) in [4.78, 5) is 27.5. The zero-order valence-corrected chi connectivity index (χ0v) is 14.8. The fourth-order valence-electron chi connectivity index (χ4n) is 3.12. The van der Waals surface area contributed by atoms with Gasteiger partial charge in [-0.15, -0.1) is 0 Å². The normalized spacial score (nSPS) is 14.4. The molecule has 3 heterocycles. The van der Waals surface area contributed by atoms with Crippen molar-refractivity contribution in [2.75, 3.05) is 31.2 Å². The van der Waals surface area contributed by atoms with Crippen molar-refractivity contribution >= 4 is 22.8 Å². The fraction of sp³-hybridized carbons (Fsp3) is 0.263. The molecule has 0 saturated carbocycles. The lowest BCUT2D eigenvalue weighted by atomic mass is 10.1. The van der Waals surface area contributed by atoms with E-state index >= 15 is 0 Å². The Balaban J connectivity index is 1.69. The predicted octanol–water partition coefficient (Wildman–Crippen LogP) is 1.96. The summed E-state index contributed by atoms with van der Waals surface area (Å²) in [5.74, 6) is 0.340. The summed E-state index contributed by atoms with van der Waals surface area (Å²) in [6, 6.07) is 6.93. The molecule has 8 heteroatoms. The number of hydrogen-bond donors (Lipinski definition) is 2. The average Bonchev–Trinajstić information content (AvgIpc) is 2.73. The molecule has 1 aromatic carbocycles. The maximum atomic E-state index is 11.6. The third kappa shape index (κ3) is 3.44. The molecule has 1 fully saturated rings. The Hall–Kier alpha value is -3.10. The van der Waals surface area contributed by atoms with Crippen LogP contribution in [0.4, 0.5) is 5.82 Å². The third-order valence-corrected chi connectivity index (χ3v) is 4.61. The highest BCUT2D eigenvalue weighted by Crippen LogP contribution is 2.25. The molecule has 2 N–H and O–H groups in total. The summed E-state index contributed by atoms with van der Waals surface area (Å²) in [5.41, 5.74) is 5.80. The van der Waals surface area contributed by atoms with Gasteiger partial charge in [-0.2, -0.15) is 0 Å². The molecular formula is C19H19N5O3. The standard InChI is InChI=1S/C19H19N5O3/c1-12-8-18(24-4-6-27-7-5-24)21-10-14(12)17-11-20-15-3-2-13(19(25)23-26)9-16(15)22-17/h2-3,8-11,26H,4-7H2,1H3,(H,23,25). The Bertz CT molecular complexity index is 1000. The Morgan fingerprint density at radius 3 is 2.70 bits per heavy atom. The second-order valence-electron chi connectivity index (χ2n) is 6.36. The molecule has 27 heavy (non-hydrogen) atoms. The number of aromatic nitrogens is 3. The summed E-state index contributed by atoms with van der Waals surface area (Å²) >= 11 is 0. The number of nitrogens with one attached hydrogen (secondary N) is 1. The largest absolute Gasteiger partial charge is 0.378 e. The van der Waals surface area contributed by atoms with Crippen molar-refractivity contribution in [2.45, 2.75) is 6.92 Å². The van der Waals surface area contributed by atoms with Crippen LogP contribution in [-0.2, 0) is 4.74 Å². The molecule has 138 valence electrons. The number of fused-ring (bicyclic) bond motifs is 1. The molecule has 0 bridgehead atoms. The van der Waals surface area contributed by atoms with Crippen LogP contribution >= 0.6 is 0 Å².